The first-order valence-corrected chi connectivity index (χ1v) is 10.8. The monoisotopic (exact) mass is 418 g/mol. The standard InChI is InChI=1S/C25H22O4S/c26-23(27)17-30-22-13-7-12-21-20(16-29-25(21)22)14-15-28-24(18-8-3-1-4-9-18)19-10-5-2-6-11-19/h1-13,16,24H,14-15,17H2,(H,26,27). The van der Waals surface area contributed by atoms with Crippen LogP contribution in [0.4, 0.5) is 0 Å². The number of thioether (sulfide) groups is 1. The van der Waals surface area contributed by atoms with Crippen molar-refractivity contribution in [3.05, 3.63) is 102 Å². The van der Waals surface area contributed by atoms with Crippen LogP contribution in [-0.2, 0) is 16.0 Å². The molecular weight excluding hydrogens is 396 g/mol. The Bertz CT molecular complexity index is 1070. The second-order valence-electron chi connectivity index (χ2n) is 6.90. The van der Waals surface area contributed by atoms with Gasteiger partial charge in [-0.2, -0.15) is 0 Å². The normalized spacial score (nSPS) is 11.2. The summed E-state index contributed by atoms with van der Waals surface area (Å²) in [5, 5.41) is 9.94. The molecule has 0 spiro atoms. The molecule has 0 aliphatic heterocycles. The second kappa shape index (κ2) is 9.65. The summed E-state index contributed by atoms with van der Waals surface area (Å²) in [5.41, 5.74) is 4.03. The van der Waals surface area contributed by atoms with Gasteiger partial charge in [0.25, 0.3) is 0 Å². The summed E-state index contributed by atoms with van der Waals surface area (Å²) in [7, 11) is 0. The number of ether oxygens (including phenoxy) is 1. The van der Waals surface area contributed by atoms with Crippen molar-refractivity contribution in [3.8, 4) is 0 Å². The van der Waals surface area contributed by atoms with E-state index in [2.05, 4.69) is 24.3 Å². The molecule has 1 heterocycles. The molecule has 0 saturated heterocycles. The van der Waals surface area contributed by atoms with Gasteiger partial charge in [0.05, 0.1) is 23.5 Å². The van der Waals surface area contributed by atoms with Crippen LogP contribution in [0, 0.1) is 0 Å². The molecule has 30 heavy (non-hydrogen) atoms. The van der Waals surface area contributed by atoms with E-state index in [1.165, 1.54) is 11.8 Å². The van der Waals surface area contributed by atoms with Crippen LogP contribution in [0.5, 0.6) is 0 Å². The Hall–Kier alpha value is -3.02. The summed E-state index contributed by atoms with van der Waals surface area (Å²) >= 11 is 1.27. The van der Waals surface area contributed by atoms with Gasteiger partial charge < -0.3 is 14.3 Å². The topological polar surface area (TPSA) is 59.7 Å². The zero-order valence-corrected chi connectivity index (χ0v) is 17.2. The van der Waals surface area contributed by atoms with Crippen LogP contribution in [0.1, 0.15) is 22.8 Å². The molecule has 1 N–H and O–H groups in total. The number of hydrogen-bond acceptors (Lipinski definition) is 4. The van der Waals surface area contributed by atoms with Gasteiger partial charge in [0.15, 0.2) is 0 Å². The Balaban J connectivity index is 1.49. The zero-order chi connectivity index (χ0) is 20.8. The third-order valence-electron chi connectivity index (χ3n) is 4.86. The first-order valence-electron chi connectivity index (χ1n) is 9.77. The SMILES string of the molecule is O=C(O)CSc1cccc2c(CCOC(c3ccccc3)c3ccccc3)coc12. The number of para-hydroxylation sites is 1. The Morgan fingerprint density at radius 1 is 0.933 bits per heavy atom. The van der Waals surface area contributed by atoms with E-state index in [4.69, 9.17) is 14.3 Å². The maximum atomic E-state index is 10.9. The third-order valence-corrected chi connectivity index (χ3v) is 5.88. The van der Waals surface area contributed by atoms with Crippen LogP contribution in [0.2, 0.25) is 0 Å². The van der Waals surface area contributed by atoms with Crippen LogP contribution >= 0.6 is 11.8 Å². The molecule has 1 aromatic heterocycles. The van der Waals surface area contributed by atoms with E-state index < -0.39 is 5.97 Å². The van der Waals surface area contributed by atoms with Crippen molar-refractivity contribution in [2.24, 2.45) is 0 Å². The average molecular weight is 419 g/mol. The number of furan rings is 1. The highest BCUT2D eigenvalue weighted by Gasteiger charge is 2.16. The van der Waals surface area contributed by atoms with Crippen molar-refractivity contribution in [1.29, 1.82) is 0 Å². The van der Waals surface area contributed by atoms with Gasteiger partial charge in [0.1, 0.15) is 11.7 Å². The Labute approximate surface area is 179 Å². The maximum Gasteiger partial charge on any atom is 0.313 e. The molecule has 4 rings (SSSR count). The molecule has 0 radical (unpaired) electrons. The van der Waals surface area contributed by atoms with E-state index in [9.17, 15) is 4.79 Å². The Morgan fingerprint density at radius 2 is 1.60 bits per heavy atom. The molecule has 0 unspecified atom stereocenters. The van der Waals surface area contributed by atoms with E-state index >= 15 is 0 Å². The van der Waals surface area contributed by atoms with Gasteiger partial charge >= 0.3 is 5.97 Å². The van der Waals surface area contributed by atoms with Crippen molar-refractivity contribution in [2.45, 2.75) is 17.4 Å². The number of aliphatic carboxylic acids is 1. The van der Waals surface area contributed by atoms with Crippen LogP contribution in [-0.4, -0.2) is 23.4 Å². The van der Waals surface area contributed by atoms with Crippen molar-refractivity contribution in [1.82, 2.24) is 0 Å². The number of carboxylic acids is 1. The van der Waals surface area contributed by atoms with Crippen molar-refractivity contribution < 1.29 is 19.1 Å². The second-order valence-corrected chi connectivity index (χ2v) is 7.92. The van der Waals surface area contributed by atoms with Gasteiger partial charge in [-0.05, 0) is 23.6 Å². The number of fused-ring (bicyclic) bond motifs is 1. The number of benzene rings is 3. The zero-order valence-electron chi connectivity index (χ0n) is 16.4. The molecule has 4 nitrogen and oxygen atoms in total. The van der Waals surface area contributed by atoms with Crippen LogP contribution < -0.4 is 0 Å². The highest BCUT2D eigenvalue weighted by atomic mass is 32.2. The summed E-state index contributed by atoms with van der Waals surface area (Å²) in [6.07, 6.45) is 2.32. The minimum absolute atomic E-state index is 0.00802. The van der Waals surface area contributed by atoms with E-state index in [1.54, 1.807) is 6.26 Å². The fourth-order valence-corrected chi connectivity index (χ4v) is 4.20. The summed E-state index contributed by atoms with van der Waals surface area (Å²) in [4.78, 5) is 11.7. The summed E-state index contributed by atoms with van der Waals surface area (Å²) in [5.74, 6) is -0.835. The maximum absolute atomic E-state index is 10.9. The molecular formula is C25H22O4S. The lowest BCUT2D eigenvalue weighted by molar-refractivity contribution is -0.133. The van der Waals surface area contributed by atoms with Gasteiger partial charge in [-0.3, -0.25) is 4.79 Å². The van der Waals surface area contributed by atoms with Gasteiger partial charge in [-0.15, -0.1) is 11.8 Å². The lowest BCUT2D eigenvalue weighted by atomic mass is 10.0. The average Bonchev–Trinajstić information content (AvgIpc) is 3.20. The minimum atomic E-state index is -0.843. The quantitative estimate of drug-likeness (QED) is 0.340. The summed E-state index contributed by atoms with van der Waals surface area (Å²) in [6, 6.07) is 26.2. The predicted molar refractivity (Wildman–Crippen MR) is 119 cm³/mol. The number of rotatable bonds is 9. The molecule has 4 aromatic rings. The number of carbonyl (C=O) groups is 1. The molecule has 0 saturated carbocycles. The molecule has 0 amide bonds. The smallest absolute Gasteiger partial charge is 0.313 e. The van der Waals surface area contributed by atoms with Gasteiger partial charge in [0.2, 0.25) is 0 Å². The molecule has 0 fully saturated rings. The van der Waals surface area contributed by atoms with E-state index in [1.807, 2.05) is 54.6 Å². The first kappa shape index (κ1) is 20.3. The Morgan fingerprint density at radius 3 is 2.23 bits per heavy atom. The largest absolute Gasteiger partial charge is 0.481 e. The molecule has 0 atom stereocenters. The fraction of sp³-hybridized carbons (Fsp3) is 0.160. The first-order chi connectivity index (χ1) is 14.7. The molecule has 152 valence electrons. The van der Waals surface area contributed by atoms with Gasteiger partial charge in [-0.25, -0.2) is 0 Å². The summed E-state index contributed by atoms with van der Waals surface area (Å²) in [6.45, 7) is 0.537. The lowest BCUT2D eigenvalue weighted by Crippen LogP contribution is -2.08. The highest BCUT2D eigenvalue weighted by molar-refractivity contribution is 8.00. The van der Waals surface area contributed by atoms with Gasteiger partial charge in [-0.1, -0.05) is 72.8 Å². The molecule has 3 aromatic carbocycles. The Kier molecular flexibility index (Phi) is 6.52. The minimum Gasteiger partial charge on any atom is -0.481 e. The molecule has 5 heteroatoms. The lowest BCUT2D eigenvalue weighted by Gasteiger charge is -2.19. The van der Waals surface area contributed by atoms with Crippen molar-refractivity contribution in [3.63, 3.8) is 0 Å². The van der Waals surface area contributed by atoms with Gasteiger partial charge in [0, 0.05) is 10.9 Å². The predicted octanol–water partition coefficient (Wildman–Crippen LogP) is 5.96. The van der Waals surface area contributed by atoms with Crippen molar-refractivity contribution >= 4 is 28.7 Å². The van der Waals surface area contributed by atoms with Crippen LogP contribution in [0.15, 0.2) is 94.4 Å². The number of hydrogen-bond donors (Lipinski definition) is 1. The molecule has 0 bridgehead atoms. The highest BCUT2D eigenvalue weighted by Crippen LogP contribution is 2.32. The van der Waals surface area contributed by atoms with Crippen LogP contribution in [0.25, 0.3) is 11.0 Å². The van der Waals surface area contributed by atoms with E-state index in [0.29, 0.717) is 13.0 Å². The number of carboxylic acid groups (broad SMARTS) is 1. The van der Waals surface area contributed by atoms with E-state index in [-0.39, 0.29) is 11.9 Å². The third kappa shape index (κ3) is 4.75. The van der Waals surface area contributed by atoms with Crippen molar-refractivity contribution in [2.75, 3.05) is 12.4 Å². The molecule has 0 aliphatic rings. The van der Waals surface area contributed by atoms with E-state index in [0.717, 1.165) is 32.6 Å². The molecule has 0 aliphatic carbocycles. The van der Waals surface area contributed by atoms with Crippen LogP contribution in [0.3, 0.4) is 0 Å². The fourth-order valence-electron chi connectivity index (χ4n) is 3.46. The summed E-state index contributed by atoms with van der Waals surface area (Å²) < 4.78 is 12.1.